The molecule has 32 heavy (non-hydrogen) atoms. The fraction of sp³-hybridized carbons (Fsp3) is 0.208. The van der Waals surface area contributed by atoms with Gasteiger partial charge in [0.05, 0.1) is 23.8 Å². The van der Waals surface area contributed by atoms with Crippen LogP contribution in [-0.4, -0.2) is 33.9 Å². The Morgan fingerprint density at radius 3 is 2.78 bits per heavy atom. The van der Waals surface area contributed by atoms with Crippen LogP contribution in [0.3, 0.4) is 0 Å². The first-order chi connectivity index (χ1) is 15.4. The van der Waals surface area contributed by atoms with Gasteiger partial charge in [0.15, 0.2) is 0 Å². The maximum atomic E-state index is 11.5. The van der Waals surface area contributed by atoms with Gasteiger partial charge in [-0.05, 0) is 44.2 Å². The zero-order valence-electron chi connectivity index (χ0n) is 18.1. The summed E-state index contributed by atoms with van der Waals surface area (Å²) < 4.78 is 17.9. The lowest BCUT2D eigenvalue weighted by Gasteiger charge is -2.11. The highest BCUT2D eigenvalue weighted by atomic mass is 35.5. The number of rotatable bonds is 6. The summed E-state index contributed by atoms with van der Waals surface area (Å²) in [7, 11) is 3.27. The van der Waals surface area contributed by atoms with E-state index in [4.69, 9.17) is 20.9 Å². The molecule has 0 aliphatic rings. The first-order valence-corrected chi connectivity index (χ1v) is 10.4. The molecule has 0 N–H and O–H groups in total. The van der Waals surface area contributed by atoms with Gasteiger partial charge in [-0.25, -0.2) is 4.79 Å². The van der Waals surface area contributed by atoms with E-state index in [-0.39, 0.29) is 6.10 Å². The van der Waals surface area contributed by atoms with Gasteiger partial charge in [0.1, 0.15) is 5.75 Å². The van der Waals surface area contributed by atoms with E-state index in [2.05, 4.69) is 14.9 Å². The molecule has 0 saturated carbocycles. The largest absolute Gasteiger partial charge is 0.489 e. The predicted molar refractivity (Wildman–Crippen MR) is 123 cm³/mol. The minimum Gasteiger partial charge on any atom is -0.489 e. The van der Waals surface area contributed by atoms with Gasteiger partial charge in [0.25, 0.3) is 5.89 Å². The number of fused-ring (bicyclic) bond motifs is 1. The third-order valence-corrected chi connectivity index (χ3v) is 5.14. The standard InChI is InChI=1S/C24H22ClN3O4/c1-14(2)31-20-10-8-15(12-19(20)25)24-26-23(27-32-24)18-7-5-6-17-16(9-11-21(29)30-4)13-28(3)22(17)18/h5-14H,1-4H3. The highest BCUT2D eigenvalue weighted by molar-refractivity contribution is 6.32. The lowest BCUT2D eigenvalue weighted by Crippen LogP contribution is -2.05. The van der Waals surface area contributed by atoms with Crippen LogP contribution in [0.15, 0.2) is 53.2 Å². The highest BCUT2D eigenvalue weighted by Gasteiger charge is 2.17. The number of aryl methyl sites for hydroxylation is 1. The SMILES string of the molecule is COC(=O)C=Cc1cn(C)c2c(-c3noc(-c4ccc(OC(C)C)c(Cl)c4)n3)cccc12. The van der Waals surface area contributed by atoms with E-state index in [1.165, 1.54) is 13.2 Å². The number of aromatic nitrogens is 3. The van der Waals surface area contributed by atoms with Crippen molar-refractivity contribution >= 4 is 34.5 Å². The van der Waals surface area contributed by atoms with Crippen LogP contribution in [0.2, 0.25) is 5.02 Å². The molecule has 4 aromatic rings. The van der Waals surface area contributed by atoms with Gasteiger partial charge in [-0.1, -0.05) is 28.9 Å². The van der Waals surface area contributed by atoms with Crippen LogP contribution in [0.25, 0.3) is 39.8 Å². The van der Waals surface area contributed by atoms with Gasteiger partial charge in [0.2, 0.25) is 5.82 Å². The molecule has 0 amide bonds. The average molecular weight is 452 g/mol. The van der Waals surface area contributed by atoms with E-state index < -0.39 is 5.97 Å². The molecule has 7 nitrogen and oxygen atoms in total. The number of hydrogen-bond acceptors (Lipinski definition) is 6. The number of para-hydroxylation sites is 1. The monoisotopic (exact) mass is 451 g/mol. The molecule has 0 aliphatic heterocycles. The molecule has 0 aliphatic carbocycles. The smallest absolute Gasteiger partial charge is 0.330 e. The van der Waals surface area contributed by atoms with Crippen LogP contribution in [0.5, 0.6) is 5.75 Å². The summed E-state index contributed by atoms with van der Waals surface area (Å²) in [5, 5.41) is 5.61. The minimum atomic E-state index is -0.413. The summed E-state index contributed by atoms with van der Waals surface area (Å²) in [6.07, 6.45) is 5.07. The number of halogens is 1. The Morgan fingerprint density at radius 2 is 2.06 bits per heavy atom. The van der Waals surface area contributed by atoms with E-state index in [1.807, 2.05) is 55.9 Å². The van der Waals surface area contributed by atoms with Gasteiger partial charge in [-0.3, -0.25) is 0 Å². The summed E-state index contributed by atoms with van der Waals surface area (Å²) in [6, 6.07) is 11.2. The number of esters is 1. The van der Waals surface area contributed by atoms with E-state index in [1.54, 1.807) is 18.2 Å². The van der Waals surface area contributed by atoms with Crippen LogP contribution in [0.4, 0.5) is 0 Å². The maximum Gasteiger partial charge on any atom is 0.330 e. The fourth-order valence-corrected chi connectivity index (χ4v) is 3.70. The van der Waals surface area contributed by atoms with Crippen LogP contribution in [0, 0.1) is 0 Å². The molecular weight excluding hydrogens is 430 g/mol. The molecule has 0 unspecified atom stereocenters. The zero-order valence-corrected chi connectivity index (χ0v) is 18.9. The molecule has 0 radical (unpaired) electrons. The number of carbonyl (C=O) groups is 1. The normalized spacial score (nSPS) is 11.6. The van der Waals surface area contributed by atoms with Gasteiger partial charge in [-0.15, -0.1) is 0 Å². The van der Waals surface area contributed by atoms with Gasteiger partial charge in [0, 0.05) is 41.4 Å². The molecule has 0 bridgehead atoms. The molecule has 0 fully saturated rings. The number of nitrogens with zero attached hydrogens (tertiary/aromatic N) is 3. The van der Waals surface area contributed by atoms with Crippen molar-refractivity contribution in [1.82, 2.24) is 14.7 Å². The third-order valence-electron chi connectivity index (χ3n) is 4.84. The topological polar surface area (TPSA) is 79.4 Å². The Hall–Kier alpha value is -3.58. The van der Waals surface area contributed by atoms with Crippen molar-refractivity contribution in [2.24, 2.45) is 7.05 Å². The van der Waals surface area contributed by atoms with E-state index in [0.29, 0.717) is 28.1 Å². The lowest BCUT2D eigenvalue weighted by molar-refractivity contribution is -0.134. The predicted octanol–water partition coefficient (Wildman–Crippen LogP) is 5.52. The van der Waals surface area contributed by atoms with Crippen molar-refractivity contribution in [3.05, 3.63) is 59.3 Å². The fourth-order valence-electron chi connectivity index (χ4n) is 3.47. The van der Waals surface area contributed by atoms with Crippen molar-refractivity contribution < 1.29 is 18.8 Å². The first kappa shape index (κ1) is 21.6. The molecule has 2 aromatic carbocycles. The highest BCUT2D eigenvalue weighted by Crippen LogP contribution is 2.34. The van der Waals surface area contributed by atoms with Gasteiger partial charge in [-0.2, -0.15) is 4.98 Å². The van der Waals surface area contributed by atoms with Crippen molar-refractivity contribution in [2.75, 3.05) is 7.11 Å². The van der Waals surface area contributed by atoms with Crippen LogP contribution < -0.4 is 4.74 Å². The quantitative estimate of drug-likeness (QED) is 0.283. The maximum absolute atomic E-state index is 11.5. The second kappa shape index (κ2) is 8.88. The zero-order chi connectivity index (χ0) is 22.8. The average Bonchev–Trinajstić information content (AvgIpc) is 3.38. The summed E-state index contributed by atoms with van der Waals surface area (Å²) in [5.41, 5.74) is 3.31. The van der Waals surface area contributed by atoms with E-state index >= 15 is 0 Å². The molecule has 0 atom stereocenters. The Bertz CT molecular complexity index is 1320. The molecule has 164 valence electrons. The molecule has 0 spiro atoms. The van der Waals surface area contributed by atoms with Crippen LogP contribution >= 0.6 is 11.6 Å². The minimum absolute atomic E-state index is 0.0199. The first-order valence-electron chi connectivity index (χ1n) is 10.0. The Balaban J connectivity index is 1.71. The number of methoxy groups -OCH3 is 1. The number of hydrogen-bond donors (Lipinski definition) is 0. The molecule has 2 heterocycles. The summed E-state index contributed by atoms with van der Waals surface area (Å²) in [5.74, 6) is 1.000. The van der Waals surface area contributed by atoms with Crippen molar-refractivity contribution in [2.45, 2.75) is 20.0 Å². The van der Waals surface area contributed by atoms with Gasteiger partial charge < -0.3 is 18.6 Å². The summed E-state index contributed by atoms with van der Waals surface area (Å²) in [6.45, 7) is 3.88. The number of benzene rings is 2. The molecule has 8 heteroatoms. The lowest BCUT2D eigenvalue weighted by atomic mass is 10.1. The van der Waals surface area contributed by atoms with Crippen molar-refractivity contribution in [1.29, 1.82) is 0 Å². The molecular formula is C24H22ClN3O4. The van der Waals surface area contributed by atoms with Crippen LogP contribution in [-0.2, 0) is 16.6 Å². The van der Waals surface area contributed by atoms with Crippen molar-refractivity contribution in [3.8, 4) is 28.6 Å². The number of carbonyl (C=O) groups excluding carboxylic acids is 1. The summed E-state index contributed by atoms with van der Waals surface area (Å²) in [4.78, 5) is 16.1. The number of ether oxygens (including phenoxy) is 2. The van der Waals surface area contributed by atoms with Crippen molar-refractivity contribution in [3.63, 3.8) is 0 Å². The Morgan fingerprint density at radius 1 is 1.25 bits per heavy atom. The molecule has 2 aromatic heterocycles. The Kier molecular flexibility index (Phi) is 6.01. The van der Waals surface area contributed by atoms with Gasteiger partial charge >= 0.3 is 5.97 Å². The third kappa shape index (κ3) is 4.24. The van der Waals surface area contributed by atoms with Crippen LogP contribution in [0.1, 0.15) is 19.4 Å². The second-order valence-electron chi connectivity index (χ2n) is 7.49. The molecule has 4 rings (SSSR count). The van der Waals surface area contributed by atoms with E-state index in [9.17, 15) is 4.79 Å². The van der Waals surface area contributed by atoms with E-state index in [0.717, 1.165) is 22.0 Å². The molecule has 0 saturated heterocycles. The Labute approximate surface area is 190 Å². The second-order valence-corrected chi connectivity index (χ2v) is 7.90. The summed E-state index contributed by atoms with van der Waals surface area (Å²) >= 11 is 6.35.